The van der Waals surface area contributed by atoms with Gasteiger partial charge in [0.15, 0.2) is 5.78 Å². The van der Waals surface area contributed by atoms with Crippen LogP contribution in [0, 0.1) is 34.5 Å². The van der Waals surface area contributed by atoms with Crippen molar-refractivity contribution < 1.29 is 28.6 Å². The van der Waals surface area contributed by atoms with Crippen molar-refractivity contribution in [2.45, 2.75) is 83.5 Å². The standard InChI is InChI=1S/C23H32O6/c1-12(24)28-17-6-5-15-13-7-10-23-19(29-23)18(25)14(20(26)27-4)11-22(23,3)16(13)8-9-21(15,17)2/h13-17,19H,5-11H2,1-4H3/t13-,14?,15-,16-,17-,19+,21-,22+,23+/m0/s1. The maximum absolute atomic E-state index is 12.8. The fourth-order valence-corrected chi connectivity index (χ4v) is 8.27. The van der Waals surface area contributed by atoms with Crippen molar-refractivity contribution in [1.82, 2.24) is 0 Å². The Balaban J connectivity index is 1.45. The van der Waals surface area contributed by atoms with Crippen molar-refractivity contribution in [1.29, 1.82) is 0 Å². The van der Waals surface area contributed by atoms with Crippen LogP contribution in [-0.4, -0.2) is 42.6 Å². The maximum Gasteiger partial charge on any atom is 0.316 e. The van der Waals surface area contributed by atoms with Gasteiger partial charge in [-0.2, -0.15) is 0 Å². The molecule has 1 unspecified atom stereocenters. The zero-order chi connectivity index (χ0) is 20.8. The molecule has 1 heterocycles. The zero-order valence-electron chi connectivity index (χ0n) is 17.9. The molecule has 5 rings (SSSR count). The molecule has 9 atom stereocenters. The van der Waals surface area contributed by atoms with E-state index in [1.165, 1.54) is 14.0 Å². The lowest BCUT2D eigenvalue weighted by molar-refractivity contribution is -0.165. The van der Waals surface area contributed by atoms with E-state index in [0.717, 1.165) is 38.5 Å². The third-order valence-corrected chi connectivity index (χ3v) is 9.70. The van der Waals surface area contributed by atoms with Crippen LogP contribution in [0.4, 0.5) is 0 Å². The van der Waals surface area contributed by atoms with Gasteiger partial charge in [0, 0.05) is 17.8 Å². The van der Waals surface area contributed by atoms with Crippen LogP contribution in [-0.2, 0) is 28.6 Å². The molecule has 1 saturated heterocycles. The summed E-state index contributed by atoms with van der Waals surface area (Å²) in [7, 11) is 1.36. The Kier molecular flexibility index (Phi) is 4.08. The highest BCUT2D eigenvalue weighted by Gasteiger charge is 2.78. The number of carbonyl (C=O) groups excluding carboxylic acids is 3. The molecule has 29 heavy (non-hydrogen) atoms. The van der Waals surface area contributed by atoms with Gasteiger partial charge in [0.2, 0.25) is 0 Å². The number of Topliss-reactive ketones (excluding diaryl/α,β-unsaturated/α-hetero) is 1. The second kappa shape index (κ2) is 6.05. The number of hydrogen-bond acceptors (Lipinski definition) is 6. The van der Waals surface area contributed by atoms with E-state index in [4.69, 9.17) is 14.2 Å². The molecular weight excluding hydrogens is 372 g/mol. The minimum atomic E-state index is -0.699. The first-order chi connectivity index (χ1) is 13.7. The highest BCUT2D eigenvalue weighted by molar-refractivity contribution is 6.04. The lowest BCUT2D eigenvalue weighted by atomic mass is 9.44. The molecule has 0 radical (unpaired) electrons. The van der Waals surface area contributed by atoms with Crippen molar-refractivity contribution in [3.05, 3.63) is 0 Å². The molecule has 0 aromatic rings. The monoisotopic (exact) mass is 404 g/mol. The van der Waals surface area contributed by atoms with Crippen LogP contribution in [0.25, 0.3) is 0 Å². The van der Waals surface area contributed by atoms with Gasteiger partial charge >= 0.3 is 11.9 Å². The van der Waals surface area contributed by atoms with Gasteiger partial charge in [0.25, 0.3) is 0 Å². The molecular formula is C23H32O6. The summed E-state index contributed by atoms with van der Waals surface area (Å²) in [5.74, 6) is 0.0933. The van der Waals surface area contributed by atoms with Gasteiger partial charge < -0.3 is 14.2 Å². The van der Waals surface area contributed by atoms with Crippen molar-refractivity contribution in [2.24, 2.45) is 34.5 Å². The Bertz CT molecular complexity index is 777. The summed E-state index contributed by atoms with van der Waals surface area (Å²) in [5, 5.41) is 0. The fourth-order valence-electron chi connectivity index (χ4n) is 8.27. The van der Waals surface area contributed by atoms with Gasteiger partial charge in [-0.3, -0.25) is 14.4 Å². The molecule has 0 aromatic carbocycles. The molecule has 6 heteroatoms. The normalized spacial score (nSPS) is 52.5. The zero-order valence-corrected chi connectivity index (χ0v) is 17.9. The van der Waals surface area contributed by atoms with Gasteiger partial charge in [-0.25, -0.2) is 0 Å². The fraction of sp³-hybridized carbons (Fsp3) is 0.870. The highest BCUT2D eigenvalue weighted by atomic mass is 16.6. The SMILES string of the molecule is COC(=O)C1C[C@]2(C)[C@H]3CC[C@]4(C)[C@@H](OC(C)=O)CC[C@H]4[C@@H]3CC[C@]23O[C@@H]3C1=O. The first kappa shape index (κ1) is 19.5. The first-order valence-electron chi connectivity index (χ1n) is 11.1. The van der Waals surface area contributed by atoms with Gasteiger partial charge in [-0.15, -0.1) is 0 Å². The van der Waals surface area contributed by atoms with Crippen molar-refractivity contribution in [3.8, 4) is 0 Å². The van der Waals surface area contributed by atoms with Gasteiger partial charge in [0.1, 0.15) is 23.7 Å². The third kappa shape index (κ3) is 2.35. The van der Waals surface area contributed by atoms with Crippen molar-refractivity contribution in [3.63, 3.8) is 0 Å². The number of esters is 2. The molecule has 4 aliphatic carbocycles. The van der Waals surface area contributed by atoms with Crippen LogP contribution < -0.4 is 0 Å². The van der Waals surface area contributed by atoms with E-state index in [1.807, 2.05) is 0 Å². The Morgan fingerprint density at radius 1 is 1.07 bits per heavy atom. The summed E-state index contributed by atoms with van der Waals surface area (Å²) >= 11 is 0. The summed E-state index contributed by atoms with van der Waals surface area (Å²) in [5.41, 5.74) is -0.532. The Hall–Kier alpha value is -1.43. The average molecular weight is 405 g/mol. The van der Waals surface area contributed by atoms with Crippen molar-refractivity contribution in [2.75, 3.05) is 7.11 Å². The average Bonchev–Trinajstić information content (AvgIpc) is 3.34. The lowest BCUT2D eigenvalue weighted by Crippen LogP contribution is -2.60. The summed E-state index contributed by atoms with van der Waals surface area (Å²) in [6, 6.07) is 0. The van der Waals surface area contributed by atoms with Crippen LogP contribution in [0.3, 0.4) is 0 Å². The molecule has 5 aliphatic rings. The molecule has 0 N–H and O–H groups in total. The summed E-state index contributed by atoms with van der Waals surface area (Å²) in [6.45, 7) is 6.07. The topological polar surface area (TPSA) is 82.2 Å². The first-order valence-corrected chi connectivity index (χ1v) is 11.1. The number of fused-ring (bicyclic) bond motifs is 4. The summed E-state index contributed by atoms with van der Waals surface area (Å²) in [4.78, 5) is 36.8. The van der Waals surface area contributed by atoms with Gasteiger partial charge in [-0.1, -0.05) is 13.8 Å². The molecule has 0 amide bonds. The molecule has 6 nitrogen and oxygen atoms in total. The Morgan fingerprint density at radius 2 is 1.83 bits per heavy atom. The molecule has 4 saturated carbocycles. The predicted molar refractivity (Wildman–Crippen MR) is 103 cm³/mol. The predicted octanol–water partition coefficient (Wildman–Crippen LogP) is 3.06. The minimum Gasteiger partial charge on any atom is -0.468 e. The molecule has 5 fully saturated rings. The van der Waals surface area contributed by atoms with E-state index in [0.29, 0.717) is 24.2 Å². The van der Waals surface area contributed by atoms with Gasteiger partial charge in [0.05, 0.1) is 7.11 Å². The molecule has 1 aliphatic heterocycles. The van der Waals surface area contributed by atoms with Crippen LogP contribution >= 0.6 is 0 Å². The van der Waals surface area contributed by atoms with E-state index in [1.54, 1.807) is 0 Å². The molecule has 1 spiro atoms. The Labute approximate surface area is 172 Å². The third-order valence-electron chi connectivity index (χ3n) is 9.70. The number of ketones is 1. The van der Waals surface area contributed by atoms with E-state index < -0.39 is 18.0 Å². The van der Waals surface area contributed by atoms with Gasteiger partial charge in [-0.05, 0) is 62.7 Å². The Morgan fingerprint density at radius 3 is 2.52 bits per heavy atom. The number of hydrogen-bond donors (Lipinski definition) is 0. The number of epoxide rings is 1. The van der Waals surface area contributed by atoms with E-state index in [9.17, 15) is 14.4 Å². The van der Waals surface area contributed by atoms with E-state index in [2.05, 4.69) is 13.8 Å². The summed E-state index contributed by atoms with van der Waals surface area (Å²) < 4.78 is 16.8. The summed E-state index contributed by atoms with van der Waals surface area (Å²) in [6.07, 6.45) is 6.13. The molecule has 0 aromatic heterocycles. The largest absolute Gasteiger partial charge is 0.468 e. The van der Waals surface area contributed by atoms with Crippen LogP contribution in [0.1, 0.15) is 65.7 Å². The molecule has 160 valence electrons. The number of carbonyl (C=O) groups is 3. The second-order valence-corrected chi connectivity index (χ2v) is 10.6. The van der Waals surface area contributed by atoms with Crippen LogP contribution in [0.15, 0.2) is 0 Å². The maximum atomic E-state index is 12.8. The lowest BCUT2D eigenvalue weighted by Gasteiger charge is -2.59. The number of ether oxygens (including phenoxy) is 3. The second-order valence-electron chi connectivity index (χ2n) is 10.6. The van der Waals surface area contributed by atoms with E-state index in [-0.39, 0.29) is 34.3 Å². The van der Waals surface area contributed by atoms with E-state index >= 15 is 0 Å². The van der Waals surface area contributed by atoms with Crippen molar-refractivity contribution >= 4 is 17.7 Å². The quantitative estimate of drug-likeness (QED) is 0.400. The van der Waals surface area contributed by atoms with Crippen LogP contribution in [0.5, 0.6) is 0 Å². The minimum absolute atomic E-state index is 0.00955. The van der Waals surface area contributed by atoms with Crippen LogP contribution in [0.2, 0.25) is 0 Å². The molecule has 0 bridgehead atoms. The smallest absolute Gasteiger partial charge is 0.316 e. The number of methoxy groups -OCH3 is 1. The number of rotatable bonds is 2. The highest BCUT2D eigenvalue weighted by Crippen LogP contribution is 2.72.